The quantitative estimate of drug-likeness (QED) is 0.620. The Balaban J connectivity index is 1.67. The average Bonchev–Trinajstić information content (AvgIpc) is 2.96. The third-order valence-electron chi connectivity index (χ3n) is 5.35. The van der Waals surface area contributed by atoms with E-state index < -0.39 is 11.6 Å². The number of hydrogen-bond donors (Lipinski definition) is 1. The van der Waals surface area contributed by atoms with E-state index in [4.69, 9.17) is 14.2 Å². The second-order valence-electron chi connectivity index (χ2n) is 7.87. The Morgan fingerprint density at radius 3 is 2.19 bits per heavy atom. The SMILES string of the molecule is COc1ccc(CN(C)CN2C(=O)N[C@@](C)(Cc3ccc(OC)c(OC)c3)C2=O)cc1. The maximum atomic E-state index is 13.1. The van der Waals surface area contributed by atoms with Crippen molar-refractivity contribution in [2.75, 3.05) is 35.0 Å². The van der Waals surface area contributed by atoms with E-state index in [9.17, 15) is 9.59 Å². The third kappa shape index (κ3) is 4.91. The number of imide groups is 1. The van der Waals surface area contributed by atoms with Crippen LogP contribution in [0.5, 0.6) is 17.2 Å². The first kappa shape index (κ1) is 22.4. The zero-order valence-corrected chi connectivity index (χ0v) is 18.6. The molecule has 0 radical (unpaired) electrons. The lowest BCUT2D eigenvalue weighted by Crippen LogP contribution is -2.46. The molecule has 1 N–H and O–H groups in total. The molecular weight excluding hydrogens is 398 g/mol. The summed E-state index contributed by atoms with van der Waals surface area (Å²) in [6, 6.07) is 12.8. The predicted molar refractivity (Wildman–Crippen MR) is 116 cm³/mol. The highest BCUT2D eigenvalue weighted by molar-refractivity contribution is 6.06. The molecule has 1 atom stereocenters. The van der Waals surface area contributed by atoms with Crippen LogP contribution in [0.4, 0.5) is 4.79 Å². The Hall–Kier alpha value is -3.26. The van der Waals surface area contributed by atoms with E-state index in [1.165, 1.54) is 4.90 Å². The van der Waals surface area contributed by atoms with Crippen LogP contribution in [0.3, 0.4) is 0 Å². The molecule has 8 nitrogen and oxygen atoms in total. The molecule has 0 unspecified atom stereocenters. The van der Waals surface area contributed by atoms with E-state index in [-0.39, 0.29) is 12.6 Å². The van der Waals surface area contributed by atoms with Gasteiger partial charge in [0.1, 0.15) is 11.3 Å². The number of methoxy groups -OCH3 is 3. The lowest BCUT2D eigenvalue weighted by molar-refractivity contribution is -0.132. The molecule has 1 saturated heterocycles. The Morgan fingerprint density at radius 2 is 1.58 bits per heavy atom. The van der Waals surface area contributed by atoms with Crippen LogP contribution < -0.4 is 19.5 Å². The summed E-state index contributed by atoms with van der Waals surface area (Å²) >= 11 is 0. The molecule has 3 rings (SSSR count). The molecule has 1 aliphatic heterocycles. The predicted octanol–water partition coefficient (Wildman–Crippen LogP) is 2.65. The molecule has 0 bridgehead atoms. The van der Waals surface area contributed by atoms with Crippen LogP contribution in [0.1, 0.15) is 18.1 Å². The fourth-order valence-corrected chi connectivity index (χ4v) is 3.73. The summed E-state index contributed by atoms with van der Waals surface area (Å²) < 4.78 is 15.8. The number of benzene rings is 2. The number of nitrogens with one attached hydrogen (secondary N) is 1. The average molecular weight is 428 g/mol. The van der Waals surface area contributed by atoms with Gasteiger partial charge in [-0.3, -0.25) is 9.69 Å². The monoisotopic (exact) mass is 427 g/mol. The maximum Gasteiger partial charge on any atom is 0.326 e. The van der Waals surface area contributed by atoms with Crippen molar-refractivity contribution in [2.45, 2.75) is 25.4 Å². The molecule has 0 spiro atoms. The molecule has 1 fully saturated rings. The zero-order valence-electron chi connectivity index (χ0n) is 18.6. The molecule has 8 heteroatoms. The fourth-order valence-electron chi connectivity index (χ4n) is 3.73. The first-order valence-corrected chi connectivity index (χ1v) is 9.96. The van der Waals surface area contributed by atoms with Crippen LogP contribution in [0.15, 0.2) is 42.5 Å². The van der Waals surface area contributed by atoms with Gasteiger partial charge >= 0.3 is 6.03 Å². The molecule has 1 aliphatic rings. The van der Waals surface area contributed by atoms with E-state index in [1.807, 2.05) is 48.3 Å². The van der Waals surface area contributed by atoms with Gasteiger partial charge in [0.2, 0.25) is 0 Å². The largest absolute Gasteiger partial charge is 0.497 e. The summed E-state index contributed by atoms with van der Waals surface area (Å²) in [5.74, 6) is 1.72. The number of amides is 3. The molecule has 31 heavy (non-hydrogen) atoms. The van der Waals surface area contributed by atoms with Gasteiger partial charge in [-0.1, -0.05) is 18.2 Å². The number of carbonyl (C=O) groups excluding carboxylic acids is 2. The Labute approximate surface area is 182 Å². The Kier molecular flexibility index (Phi) is 6.70. The minimum absolute atomic E-state index is 0.193. The summed E-state index contributed by atoms with van der Waals surface area (Å²) in [6.07, 6.45) is 0.344. The van der Waals surface area contributed by atoms with Crippen LogP contribution in [0.2, 0.25) is 0 Å². The first-order valence-electron chi connectivity index (χ1n) is 9.96. The van der Waals surface area contributed by atoms with Crippen molar-refractivity contribution in [3.63, 3.8) is 0 Å². The second kappa shape index (κ2) is 9.26. The Morgan fingerprint density at radius 1 is 0.935 bits per heavy atom. The normalized spacial score (nSPS) is 18.3. The lowest BCUT2D eigenvalue weighted by Gasteiger charge is -2.25. The van der Waals surface area contributed by atoms with Gasteiger partial charge < -0.3 is 19.5 Å². The Bertz CT molecular complexity index is 947. The molecule has 3 amide bonds. The van der Waals surface area contributed by atoms with Crippen molar-refractivity contribution < 1.29 is 23.8 Å². The number of nitrogens with zero attached hydrogens (tertiary/aromatic N) is 2. The van der Waals surface area contributed by atoms with Gasteiger partial charge in [0.05, 0.1) is 28.0 Å². The smallest absolute Gasteiger partial charge is 0.326 e. The van der Waals surface area contributed by atoms with Gasteiger partial charge in [-0.15, -0.1) is 0 Å². The second-order valence-corrected chi connectivity index (χ2v) is 7.87. The van der Waals surface area contributed by atoms with Crippen LogP contribution in [-0.2, 0) is 17.8 Å². The van der Waals surface area contributed by atoms with Gasteiger partial charge in [-0.05, 0) is 49.4 Å². The summed E-state index contributed by atoms with van der Waals surface area (Å²) in [5.41, 5.74) is 0.892. The third-order valence-corrected chi connectivity index (χ3v) is 5.35. The van der Waals surface area contributed by atoms with Crippen LogP contribution >= 0.6 is 0 Å². The fraction of sp³-hybridized carbons (Fsp3) is 0.391. The molecule has 2 aromatic rings. The molecule has 2 aromatic carbocycles. The highest BCUT2D eigenvalue weighted by Gasteiger charge is 2.47. The van der Waals surface area contributed by atoms with E-state index in [0.29, 0.717) is 24.5 Å². The molecule has 166 valence electrons. The number of ether oxygens (including phenoxy) is 3. The standard InChI is InChI=1S/C23H29N3O5/c1-23(13-17-8-11-19(30-4)20(12-17)31-5)21(27)26(22(28)24-23)15-25(2)14-16-6-9-18(29-3)10-7-16/h6-12H,13-15H2,1-5H3,(H,24,28)/t23-/m0/s1. The van der Waals surface area contributed by atoms with Crippen molar-refractivity contribution >= 4 is 11.9 Å². The maximum absolute atomic E-state index is 13.1. The highest BCUT2D eigenvalue weighted by atomic mass is 16.5. The number of hydrogen-bond acceptors (Lipinski definition) is 6. The zero-order chi connectivity index (χ0) is 22.6. The summed E-state index contributed by atoms with van der Waals surface area (Å²) in [6.45, 7) is 2.53. The van der Waals surface area contributed by atoms with Crippen molar-refractivity contribution in [1.29, 1.82) is 0 Å². The highest BCUT2D eigenvalue weighted by Crippen LogP contribution is 2.30. The van der Waals surface area contributed by atoms with E-state index in [2.05, 4.69) is 5.32 Å². The van der Waals surface area contributed by atoms with Gasteiger partial charge in [-0.25, -0.2) is 9.69 Å². The van der Waals surface area contributed by atoms with E-state index in [1.54, 1.807) is 34.3 Å². The molecular formula is C23H29N3O5. The minimum atomic E-state index is -1.03. The topological polar surface area (TPSA) is 80.3 Å². The van der Waals surface area contributed by atoms with Crippen molar-refractivity contribution in [1.82, 2.24) is 15.1 Å². The summed E-state index contributed by atoms with van der Waals surface area (Å²) in [7, 11) is 6.62. The molecule has 0 aliphatic carbocycles. The van der Waals surface area contributed by atoms with Gasteiger partial charge in [0.15, 0.2) is 11.5 Å². The van der Waals surface area contributed by atoms with Gasteiger partial charge in [0.25, 0.3) is 5.91 Å². The van der Waals surface area contributed by atoms with Crippen LogP contribution in [0.25, 0.3) is 0 Å². The first-order chi connectivity index (χ1) is 14.8. The molecule has 1 heterocycles. The van der Waals surface area contributed by atoms with Crippen LogP contribution in [0, 0.1) is 0 Å². The van der Waals surface area contributed by atoms with Crippen LogP contribution in [-0.4, -0.2) is 62.3 Å². The van der Waals surface area contributed by atoms with E-state index in [0.717, 1.165) is 16.9 Å². The number of rotatable bonds is 9. The minimum Gasteiger partial charge on any atom is -0.497 e. The summed E-state index contributed by atoms with van der Waals surface area (Å²) in [4.78, 5) is 28.9. The summed E-state index contributed by atoms with van der Waals surface area (Å²) in [5, 5.41) is 2.85. The number of carbonyl (C=O) groups is 2. The van der Waals surface area contributed by atoms with Gasteiger partial charge in [-0.2, -0.15) is 0 Å². The lowest BCUT2D eigenvalue weighted by atomic mass is 9.92. The van der Waals surface area contributed by atoms with Crippen molar-refractivity contribution in [2.24, 2.45) is 0 Å². The van der Waals surface area contributed by atoms with Gasteiger partial charge in [0, 0.05) is 13.0 Å². The van der Waals surface area contributed by atoms with Crippen molar-refractivity contribution in [3.8, 4) is 17.2 Å². The van der Waals surface area contributed by atoms with Crippen molar-refractivity contribution in [3.05, 3.63) is 53.6 Å². The molecule has 0 aromatic heterocycles. The van der Waals surface area contributed by atoms with E-state index >= 15 is 0 Å². The number of urea groups is 1. The molecule has 0 saturated carbocycles.